The largest absolute Gasteiger partial charge is 0.368 e. The monoisotopic (exact) mass is 201 g/mol. The molecule has 0 radical (unpaired) electrons. The van der Waals surface area contributed by atoms with Gasteiger partial charge < -0.3 is 11.1 Å². The SMILES string of the molecule is Cc1ccc2ccnc(NCCN)c2c1. The van der Waals surface area contributed by atoms with E-state index in [0.29, 0.717) is 6.54 Å². The third-order valence-electron chi connectivity index (χ3n) is 2.36. The second-order valence-electron chi connectivity index (χ2n) is 3.60. The Labute approximate surface area is 89.3 Å². The quantitative estimate of drug-likeness (QED) is 0.797. The van der Waals surface area contributed by atoms with Crippen LogP contribution in [0.4, 0.5) is 5.82 Å². The summed E-state index contributed by atoms with van der Waals surface area (Å²) in [5, 5.41) is 5.59. The summed E-state index contributed by atoms with van der Waals surface area (Å²) >= 11 is 0. The Morgan fingerprint density at radius 1 is 1.33 bits per heavy atom. The van der Waals surface area contributed by atoms with E-state index in [2.05, 4.69) is 35.4 Å². The van der Waals surface area contributed by atoms with E-state index in [1.165, 1.54) is 10.9 Å². The van der Waals surface area contributed by atoms with E-state index in [1.54, 1.807) is 0 Å². The molecule has 0 saturated heterocycles. The number of fused-ring (bicyclic) bond motifs is 1. The normalized spacial score (nSPS) is 10.5. The van der Waals surface area contributed by atoms with Crippen LogP contribution in [0.1, 0.15) is 5.56 Å². The molecule has 3 N–H and O–H groups in total. The molecule has 1 aromatic carbocycles. The van der Waals surface area contributed by atoms with Crippen LogP contribution in [0.2, 0.25) is 0 Å². The molecule has 0 aliphatic carbocycles. The van der Waals surface area contributed by atoms with Gasteiger partial charge >= 0.3 is 0 Å². The fourth-order valence-electron chi connectivity index (χ4n) is 1.61. The molecule has 3 nitrogen and oxygen atoms in total. The highest BCUT2D eigenvalue weighted by Crippen LogP contribution is 2.21. The molecule has 0 spiro atoms. The van der Waals surface area contributed by atoms with Crippen molar-refractivity contribution in [3.05, 3.63) is 36.0 Å². The molecule has 0 amide bonds. The molecule has 2 rings (SSSR count). The first-order valence-corrected chi connectivity index (χ1v) is 5.10. The van der Waals surface area contributed by atoms with Gasteiger partial charge in [0.15, 0.2) is 0 Å². The first-order valence-electron chi connectivity index (χ1n) is 5.10. The minimum atomic E-state index is 0.615. The number of nitrogens with two attached hydrogens (primary N) is 1. The van der Waals surface area contributed by atoms with Crippen molar-refractivity contribution in [2.75, 3.05) is 18.4 Å². The van der Waals surface area contributed by atoms with E-state index in [-0.39, 0.29) is 0 Å². The molecular formula is C12H15N3. The summed E-state index contributed by atoms with van der Waals surface area (Å²) < 4.78 is 0. The lowest BCUT2D eigenvalue weighted by Gasteiger charge is -2.07. The molecule has 0 saturated carbocycles. The average Bonchev–Trinajstić information content (AvgIpc) is 2.26. The number of rotatable bonds is 3. The number of aryl methyl sites for hydroxylation is 1. The third kappa shape index (κ3) is 2.07. The number of anilines is 1. The van der Waals surface area contributed by atoms with Crippen molar-refractivity contribution in [1.29, 1.82) is 0 Å². The highest BCUT2D eigenvalue weighted by molar-refractivity contribution is 5.92. The van der Waals surface area contributed by atoms with Crippen LogP contribution in [0.3, 0.4) is 0 Å². The Bertz CT molecular complexity index is 465. The van der Waals surface area contributed by atoms with Gasteiger partial charge in [-0.15, -0.1) is 0 Å². The van der Waals surface area contributed by atoms with Gasteiger partial charge in [-0.2, -0.15) is 0 Å². The zero-order chi connectivity index (χ0) is 10.7. The van der Waals surface area contributed by atoms with E-state index < -0.39 is 0 Å². The lowest BCUT2D eigenvalue weighted by Crippen LogP contribution is -2.14. The number of aromatic nitrogens is 1. The first kappa shape index (κ1) is 9.93. The summed E-state index contributed by atoms with van der Waals surface area (Å²) in [5.74, 6) is 0.918. The predicted octanol–water partition coefficient (Wildman–Crippen LogP) is 1.91. The van der Waals surface area contributed by atoms with Crippen LogP contribution in [0.25, 0.3) is 10.8 Å². The van der Waals surface area contributed by atoms with Crippen LogP contribution in [-0.2, 0) is 0 Å². The summed E-state index contributed by atoms with van der Waals surface area (Å²) in [6.45, 7) is 3.45. The number of pyridine rings is 1. The molecule has 78 valence electrons. The van der Waals surface area contributed by atoms with Gasteiger partial charge in [0, 0.05) is 24.7 Å². The van der Waals surface area contributed by atoms with Gasteiger partial charge in [0.05, 0.1) is 0 Å². The Balaban J connectivity index is 2.48. The second-order valence-corrected chi connectivity index (χ2v) is 3.60. The minimum absolute atomic E-state index is 0.615. The molecule has 1 aromatic heterocycles. The maximum absolute atomic E-state index is 5.46. The molecule has 0 fully saturated rings. The van der Waals surface area contributed by atoms with E-state index in [1.807, 2.05) is 12.3 Å². The number of nitrogens with zero attached hydrogens (tertiary/aromatic N) is 1. The summed E-state index contributed by atoms with van der Waals surface area (Å²) in [6, 6.07) is 8.37. The molecule has 0 atom stereocenters. The lowest BCUT2D eigenvalue weighted by atomic mass is 10.1. The molecule has 0 unspecified atom stereocenters. The van der Waals surface area contributed by atoms with E-state index in [9.17, 15) is 0 Å². The Kier molecular flexibility index (Phi) is 2.83. The van der Waals surface area contributed by atoms with Crippen LogP contribution >= 0.6 is 0 Å². The molecule has 0 bridgehead atoms. The lowest BCUT2D eigenvalue weighted by molar-refractivity contribution is 1.01. The summed E-state index contributed by atoms with van der Waals surface area (Å²) in [5.41, 5.74) is 6.70. The maximum atomic E-state index is 5.46. The predicted molar refractivity (Wildman–Crippen MR) is 64.0 cm³/mol. The van der Waals surface area contributed by atoms with Crippen molar-refractivity contribution in [2.24, 2.45) is 5.73 Å². The third-order valence-corrected chi connectivity index (χ3v) is 2.36. The van der Waals surface area contributed by atoms with Crippen molar-refractivity contribution in [3.8, 4) is 0 Å². The van der Waals surface area contributed by atoms with Crippen molar-refractivity contribution in [1.82, 2.24) is 4.98 Å². The fourth-order valence-corrected chi connectivity index (χ4v) is 1.61. The molecular weight excluding hydrogens is 186 g/mol. The van der Waals surface area contributed by atoms with Gasteiger partial charge in [0.25, 0.3) is 0 Å². The highest BCUT2D eigenvalue weighted by atomic mass is 15.0. The smallest absolute Gasteiger partial charge is 0.133 e. The van der Waals surface area contributed by atoms with E-state index >= 15 is 0 Å². The number of benzene rings is 1. The Morgan fingerprint density at radius 2 is 2.20 bits per heavy atom. The van der Waals surface area contributed by atoms with Gasteiger partial charge in [0.2, 0.25) is 0 Å². The van der Waals surface area contributed by atoms with E-state index in [4.69, 9.17) is 5.73 Å². The van der Waals surface area contributed by atoms with Gasteiger partial charge in [-0.25, -0.2) is 4.98 Å². The number of nitrogens with one attached hydrogen (secondary N) is 1. The van der Waals surface area contributed by atoms with Crippen molar-refractivity contribution in [2.45, 2.75) is 6.92 Å². The molecule has 0 aliphatic heterocycles. The van der Waals surface area contributed by atoms with Crippen LogP contribution in [0.5, 0.6) is 0 Å². The van der Waals surface area contributed by atoms with E-state index in [0.717, 1.165) is 17.7 Å². The van der Waals surface area contributed by atoms with Crippen LogP contribution in [-0.4, -0.2) is 18.1 Å². The average molecular weight is 201 g/mol. The first-order chi connectivity index (χ1) is 7.31. The van der Waals surface area contributed by atoms with Gasteiger partial charge in [0.1, 0.15) is 5.82 Å². The van der Waals surface area contributed by atoms with Gasteiger partial charge in [-0.05, 0) is 24.4 Å². The summed E-state index contributed by atoms with van der Waals surface area (Å²) in [7, 11) is 0. The Hall–Kier alpha value is -1.61. The fraction of sp³-hybridized carbons (Fsp3) is 0.250. The summed E-state index contributed by atoms with van der Waals surface area (Å²) in [4.78, 5) is 4.32. The maximum Gasteiger partial charge on any atom is 0.133 e. The standard InChI is InChI=1S/C12H15N3/c1-9-2-3-10-4-6-14-12(11(10)8-9)15-7-5-13/h2-4,6,8H,5,7,13H2,1H3,(H,14,15). The van der Waals surface area contributed by atoms with Crippen LogP contribution < -0.4 is 11.1 Å². The van der Waals surface area contributed by atoms with Crippen LogP contribution in [0, 0.1) is 6.92 Å². The zero-order valence-electron chi connectivity index (χ0n) is 8.83. The van der Waals surface area contributed by atoms with Crippen molar-refractivity contribution < 1.29 is 0 Å². The van der Waals surface area contributed by atoms with Gasteiger partial charge in [-0.3, -0.25) is 0 Å². The highest BCUT2D eigenvalue weighted by Gasteiger charge is 2.00. The summed E-state index contributed by atoms with van der Waals surface area (Å²) in [6.07, 6.45) is 1.82. The minimum Gasteiger partial charge on any atom is -0.368 e. The van der Waals surface area contributed by atoms with Crippen molar-refractivity contribution >= 4 is 16.6 Å². The Morgan fingerprint density at radius 3 is 3.00 bits per heavy atom. The van der Waals surface area contributed by atoms with Crippen molar-refractivity contribution in [3.63, 3.8) is 0 Å². The number of hydrogen-bond donors (Lipinski definition) is 2. The number of hydrogen-bond acceptors (Lipinski definition) is 3. The molecule has 3 heteroatoms. The molecule has 15 heavy (non-hydrogen) atoms. The molecule has 2 aromatic rings. The van der Waals surface area contributed by atoms with Gasteiger partial charge in [-0.1, -0.05) is 17.7 Å². The second kappa shape index (κ2) is 4.28. The topological polar surface area (TPSA) is 50.9 Å². The molecule has 0 aliphatic rings. The van der Waals surface area contributed by atoms with Crippen LogP contribution in [0.15, 0.2) is 30.5 Å². The zero-order valence-corrected chi connectivity index (χ0v) is 8.83. The molecule has 1 heterocycles.